The maximum Gasteiger partial charge on any atom is 0.150 e. The fraction of sp³-hybridized carbons (Fsp3) is 0. The first-order valence-electron chi connectivity index (χ1n) is 6.11. The largest absolute Gasteiger partial charge is 0.399 e. The van der Waals surface area contributed by atoms with Crippen molar-refractivity contribution >= 4 is 22.7 Å². The number of fused-ring (bicyclic) bond motifs is 1. The predicted molar refractivity (Wildman–Crippen MR) is 79.2 cm³/mol. The van der Waals surface area contributed by atoms with E-state index in [9.17, 15) is 4.79 Å². The van der Waals surface area contributed by atoms with Gasteiger partial charge in [0.15, 0.2) is 0 Å². The van der Waals surface area contributed by atoms with Crippen LogP contribution in [0.25, 0.3) is 21.9 Å². The third kappa shape index (κ3) is 2.20. The summed E-state index contributed by atoms with van der Waals surface area (Å²) in [6, 6.07) is 19.7. The topological polar surface area (TPSA) is 43.1 Å². The van der Waals surface area contributed by atoms with Crippen molar-refractivity contribution in [2.45, 2.75) is 0 Å². The summed E-state index contributed by atoms with van der Waals surface area (Å²) < 4.78 is 0. The summed E-state index contributed by atoms with van der Waals surface area (Å²) in [6.07, 6.45) is 0.866. The molecule has 3 aromatic carbocycles. The third-order valence-corrected chi connectivity index (χ3v) is 3.22. The minimum atomic E-state index is 0.698. The molecule has 2 heteroatoms. The van der Waals surface area contributed by atoms with Crippen LogP contribution in [-0.4, -0.2) is 6.29 Å². The van der Waals surface area contributed by atoms with Gasteiger partial charge in [-0.3, -0.25) is 4.79 Å². The number of benzene rings is 3. The second-order valence-corrected chi connectivity index (χ2v) is 4.56. The highest BCUT2D eigenvalue weighted by Gasteiger charge is 2.01. The van der Waals surface area contributed by atoms with Gasteiger partial charge in [-0.1, -0.05) is 36.4 Å². The van der Waals surface area contributed by atoms with Gasteiger partial charge < -0.3 is 5.73 Å². The highest BCUT2D eigenvalue weighted by molar-refractivity contribution is 5.91. The summed E-state index contributed by atoms with van der Waals surface area (Å²) in [5.74, 6) is 0. The molecule has 0 spiro atoms. The van der Waals surface area contributed by atoms with Gasteiger partial charge in [-0.15, -0.1) is 0 Å². The van der Waals surface area contributed by atoms with Crippen LogP contribution < -0.4 is 5.73 Å². The average Bonchev–Trinajstić information content (AvgIpc) is 2.46. The normalized spacial score (nSPS) is 10.5. The van der Waals surface area contributed by atoms with E-state index in [1.807, 2.05) is 54.6 Å². The molecule has 3 rings (SSSR count). The van der Waals surface area contributed by atoms with E-state index in [0.29, 0.717) is 5.56 Å². The molecule has 2 N–H and O–H groups in total. The Morgan fingerprint density at radius 1 is 0.789 bits per heavy atom. The maximum atomic E-state index is 10.8. The molecule has 0 aromatic heterocycles. The molecule has 0 radical (unpaired) electrons. The highest BCUT2D eigenvalue weighted by Crippen LogP contribution is 2.26. The molecule has 0 unspecified atom stereocenters. The van der Waals surface area contributed by atoms with E-state index in [1.54, 1.807) is 0 Å². The Morgan fingerprint density at radius 3 is 2.32 bits per heavy atom. The van der Waals surface area contributed by atoms with Crippen LogP contribution in [-0.2, 0) is 0 Å². The van der Waals surface area contributed by atoms with Gasteiger partial charge in [-0.2, -0.15) is 0 Å². The van der Waals surface area contributed by atoms with Crippen LogP contribution in [0.15, 0.2) is 60.7 Å². The molecular weight excluding hydrogens is 234 g/mol. The van der Waals surface area contributed by atoms with Crippen molar-refractivity contribution in [1.82, 2.24) is 0 Å². The van der Waals surface area contributed by atoms with E-state index >= 15 is 0 Å². The molecule has 0 amide bonds. The SMILES string of the molecule is Nc1cccc(-c2ccc3cc(C=O)ccc3c2)c1. The fourth-order valence-electron chi connectivity index (χ4n) is 2.24. The molecule has 2 nitrogen and oxygen atoms in total. The van der Waals surface area contributed by atoms with Crippen molar-refractivity contribution in [3.05, 3.63) is 66.2 Å². The second kappa shape index (κ2) is 4.58. The zero-order chi connectivity index (χ0) is 13.2. The molecule has 0 aliphatic heterocycles. The van der Waals surface area contributed by atoms with E-state index < -0.39 is 0 Å². The predicted octanol–water partition coefficient (Wildman–Crippen LogP) is 3.90. The van der Waals surface area contributed by atoms with E-state index in [0.717, 1.165) is 33.9 Å². The summed E-state index contributed by atoms with van der Waals surface area (Å²) >= 11 is 0. The van der Waals surface area contributed by atoms with Crippen molar-refractivity contribution in [3.63, 3.8) is 0 Å². The van der Waals surface area contributed by atoms with Gasteiger partial charge in [-0.25, -0.2) is 0 Å². The van der Waals surface area contributed by atoms with Gasteiger partial charge in [-0.05, 0) is 46.2 Å². The summed E-state index contributed by atoms with van der Waals surface area (Å²) in [5.41, 5.74) is 9.49. The zero-order valence-corrected chi connectivity index (χ0v) is 10.3. The number of carbonyl (C=O) groups is 1. The van der Waals surface area contributed by atoms with E-state index in [1.165, 1.54) is 0 Å². The number of rotatable bonds is 2. The molecule has 0 fully saturated rings. The molecule has 0 heterocycles. The van der Waals surface area contributed by atoms with E-state index in [4.69, 9.17) is 5.73 Å². The molecule has 0 aliphatic carbocycles. The Labute approximate surface area is 111 Å². The van der Waals surface area contributed by atoms with Crippen LogP contribution in [0, 0.1) is 0 Å². The van der Waals surface area contributed by atoms with Crippen LogP contribution in [0.1, 0.15) is 10.4 Å². The van der Waals surface area contributed by atoms with Crippen LogP contribution in [0.3, 0.4) is 0 Å². The van der Waals surface area contributed by atoms with E-state index in [2.05, 4.69) is 6.07 Å². The molecule has 0 saturated carbocycles. The molecule has 19 heavy (non-hydrogen) atoms. The Balaban J connectivity index is 2.14. The van der Waals surface area contributed by atoms with Gasteiger partial charge in [0.1, 0.15) is 6.29 Å². The van der Waals surface area contributed by atoms with Crippen LogP contribution in [0.4, 0.5) is 5.69 Å². The third-order valence-electron chi connectivity index (χ3n) is 3.22. The minimum Gasteiger partial charge on any atom is -0.399 e. The van der Waals surface area contributed by atoms with Crippen molar-refractivity contribution < 1.29 is 4.79 Å². The lowest BCUT2D eigenvalue weighted by molar-refractivity contribution is 0.112. The van der Waals surface area contributed by atoms with Crippen molar-refractivity contribution in [1.29, 1.82) is 0 Å². The van der Waals surface area contributed by atoms with E-state index in [-0.39, 0.29) is 0 Å². The Bertz CT molecular complexity index is 762. The first-order chi connectivity index (χ1) is 9.26. The quantitative estimate of drug-likeness (QED) is 0.551. The van der Waals surface area contributed by atoms with Crippen LogP contribution in [0.2, 0.25) is 0 Å². The highest BCUT2D eigenvalue weighted by atomic mass is 16.1. The molecule has 0 aliphatic rings. The molecule has 0 atom stereocenters. The summed E-state index contributed by atoms with van der Waals surface area (Å²) in [4.78, 5) is 10.8. The Hall–Kier alpha value is -2.61. The fourth-order valence-corrected chi connectivity index (χ4v) is 2.24. The zero-order valence-electron chi connectivity index (χ0n) is 10.3. The summed E-state index contributed by atoms with van der Waals surface area (Å²) in [7, 11) is 0. The summed E-state index contributed by atoms with van der Waals surface area (Å²) in [5, 5.41) is 2.18. The number of anilines is 1. The lowest BCUT2D eigenvalue weighted by Crippen LogP contribution is -1.86. The van der Waals surface area contributed by atoms with Gasteiger partial charge in [0.05, 0.1) is 0 Å². The number of nitrogen functional groups attached to an aromatic ring is 1. The second-order valence-electron chi connectivity index (χ2n) is 4.56. The smallest absolute Gasteiger partial charge is 0.150 e. The molecule has 92 valence electrons. The lowest BCUT2D eigenvalue weighted by Gasteiger charge is -2.05. The Kier molecular flexibility index (Phi) is 2.76. The van der Waals surface area contributed by atoms with Crippen LogP contribution in [0.5, 0.6) is 0 Å². The van der Waals surface area contributed by atoms with Crippen molar-refractivity contribution in [2.24, 2.45) is 0 Å². The monoisotopic (exact) mass is 247 g/mol. The molecular formula is C17H13NO. The van der Waals surface area contributed by atoms with Crippen molar-refractivity contribution in [3.8, 4) is 11.1 Å². The average molecular weight is 247 g/mol. The maximum absolute atomic E-state index is 10.8. The number of hydrogen-bond donors (Lipinski definition) is 1. The number of nitrogens with two attached hydrogens (primary N) is 1. The number of carbonyl (C=O) groups excluding carboxylic acids is 1. The van der Waals surface area contributed by atoms with Gasteiger partial charge in [0.25, 0.3) is 0 Å². The van der Waals surface area contributed by atoms with Gasteiger partial charge >= 0.3 is 0 Å². The first-order valence-corrected chi connectivity index (χ1v) is 6.11. The minimum absolute atomic E-state index is 0.698. The lowest BCUT2D eigenvalue weighted by atomic mass is 10.00. The summed E-state index contributed by atoms with van der Waals surface area (Å²) in [6.45, 7) is 0. The van der Waals surface area contributed by atoms with Crippen molar-refractivity contribution in [2.75, 3.05) is 5.73 Å². The first kappa shape index (κ1) is 11.5. The molecule has 0 bridgehead atoms. The molecule has 0 saturated heterocycles. The Morgan fingerprint density at radius 2 is 1.53 bits per heavy atom. The standard InChI is InChI=1S/C17H13NO/c18-17-3-1-2-13(10-17)16-7-6-14-8-12(11-19)4-5-15(14)9-16/h1-11H,18H2. The molecule has 3 aromatic rings. The number of aldehydes is 1. The van der Waals surface area contributed by atoms with Crippen LogP contribution >= 0.6 is 0 Å². The van der Waals surface area contributed by atoms with Gasteiger partial charge in [0, 0.05) is 11.3 Å². The number of hydrogen-bond acceptors (Lipinski definition) is 2. The van der Waals surface area contributed by atoms with Gasteiger partial charge in [0.2, 0.25) is 0 Å².